The lowest BCUT2D eigenvalue weighted by molar-refractivity contribution is 0.396. The normalized spacial score (nSPS) is 19.2. The monoisotopic (exact) mass is 245 g/mol. The van der Waals surface area contributed by atoms with Gasteiger partial charge in [0, 0.05) is 37.7 Å². The van der Waals surface area contributed by atoms with Gasteiger partial charge < -0.3 is 9.64 Å². The molecule has 1 aliphatic heterocycles. The quantitative estimate of drug-likeness (QED) is 0.811. The van der Waals surface area contributed by atoms with Crippen LogP contribution in [0.25, 0.3) is 0 Å². The number of aromatic nitrogens is 4. The van der Waals surface area contributed by atoms with Gasteiger partial charge in [-0.15, -0.1) is 0 Å². The van der Waals surface area contributed by atoms with Crippen molar-refractivity contribution < 1.29 is 4.74 Å². The van der Waals surface area contributed by atoms with Crippen molar-refractivity contribution >= 4 is 5.95 Å². The Morgan fingerprint density at radius 1 is 1.39 bits per heavy atom. The van der Waals surface area contributed by atoms with Crippen LogP contribution in [-0.2, 0) is 0 Å². The molecule has 0 bridgehead atoms. The maximum absolute atomic E-state index is 5.12. The lowest BCUT2D eigenvalue weighted by Crippen LogP contribution is -2.23. The maximum atomic E-state index is 5.12. The van der Waals surface area contributed by atoms with E-state index in [1.807, 2.05) is 23.1 Å². The van der Waals surface area contributed by atoms with Crippen LogP contribution in [0.3, 0.4) is 0 Å². The molecule has 6 heteroatoms. The standard InChI is InChI=1S/C12H15N5O/c1-18-11-3-6-13-12(15-11)16-8-4-10(9-16)17-7-2-5-14-17/h2-3,5-7,10H,4,8-9H2,1H3. The van der Waals surface area contributed by atoms with Crippen LogP contribution in [0.1, 0.15) is 12.5 Å². The fourth-order valence-electron chi connectivity index (χ4n) is 2.23. The Labute approximate surface area is 105 Å². The first kappa shape index (κ1) is 11.0. The van der Waals surface area contributed by atoms with Gasteiger partial charge in [-0.2, -0.15) is 10.1 Å². The predicted molar refractivity (Wildman–Crippen MR) is 66.7 cm³/mol. The topological polar surface area (TPSA) is 56.1 Å². The minimum Gasteiger partial charge on any atom is -0.481 e. The number of methoxy groups -OCH3 is 1. The zero-order valence-corrected chi connectivity index (χ0v) is 10.2. The van der Waals surface area contributed by atoms with E-state index in [4.69, 9.17) is 4.74 Å². The number of anilines is 1. The van der Waals surface area contributed by atoms with Crippen molar-refractivity contribution in [1.29, 1.82) is 0 Å². The number of hydrogen-bond donors (Lipinski definition) is 0. The zero-order chi connectivity index (χ0) is 12.4. The van der Waals surface area contributed by atoms with Gasteiger partial charge in [-0.25, -0.2) is 4.98 Å². The highest BCUT2D eigenvalue weighted by molar-refractivity contribution is 5.33. The molecule has 1 atom stereocenters. The second-order valence-corrected chi connectivity index (χ2v) is 4.27. The molecule has 94 valence electrons. The van der Waals surface area contributed by atoms with Crippen molar-refractivity contribution in [2.45, 2.75) is 12.5 Å². The summed E-state index contributed by atoms with van der Waals surface area (Å²) < 4.78 is 7.12. The van der Waals surface area contributed by atoms with Crippen LogP contribution in [-0.4, -0.2) is 39.9 Å². The Kier molecular flexibility index (Phi) is 2.84. The summed E-state index contributed by atoms with van der Waals surface area (Å²) in [7, 11) is 1.61. The van der Waals surface area contributed by atoms with Gasteiger partial charge in [0.15, 0.2) is 0 Å². The summed E-state index contributed by atoms with van der Waals surface area (Å²) in [4.78, 5) is 10.8. The van der Waals surface area contributed by atoms with E-state index in [1.54, 1.807) is 19.4 Å². The zero-order valence-electron chi connectivity index (χ0n) is 10.2. The molecule has 1 unspecified atom stereocenters. The Morgan fingerprint density at radius 3 is 3.11 bits per heavy atom. The van der Waals surface area contributed by atoms with Crippen LogP contribution in [0, 0.1) is 0 Å². The maximum Gasteiger partial charge on any atom is 0.228 e. The highest BCUT2D eigenvalue weighted by Crippen LogP contribution is 2.24. The number of nitrogens with zero attached hydrogens (tertiary/aromatic N) is 5. The van der Waals surface area contributed by atoms with E-state index in [1.165, 1.54) is 0 Å². The van der Waals surface area contributed by atoms with Gasteiger partial charge in [0.25, 0.3) is 0 Å². The van der Waals surface area contributed by atoms with Crippen LogP contribution in [0.5, 0.6) is 5.88 Å². The van der Waals surface area contributed by atoms with Crippen molar-refractivity contribution in [3.63, 3.8) is 0 Å². The first-order chi connectivity index (χ1) is 8.86. The van der Waals surface area contributed by atoms with Gasteiger partial charge in [-0.1, -0.05) is 0 Å². The summed E-state index contributed by atoms with van der Waals surface area (Å²) in [6.45, 7) is 1.83. The first-order valence-corrected chi connectivity index (χ1v) is 5.98. The van der Waals surface area contributed by atoms with Gasteiger partial charge in [0.1, 0.15) is 0 Å². The lowest BCUT2D eigenvalue weighted by atomic mass is 10.3. The average Bonchev–Trinajstić information content (AvgIpc) is 3.09. The molecular formula is C12H15N5O. The van der Waals surface area contributed by atoms with Crippen LogP contribution in [0.2, 0.25) is 0 Å². The van der Waals surface area contributed by atoms with E-state index >= 15 is 0 Å². The molecule has 18 heavy (non-hydrogen) atoms. The van der Waals surface area contributed by atoms with E-state index in [2.05, 4.69) is 20.0 Å². The third-order valence-corrected chi connectivity index (χ3v) is 3.17. The number of ether oxygens (including phenoxy) is 1. The molecule has 0 spiro atoms. The minimum atomic E-state index is 0.398. The summed E-state index contributed by atoms with van der Waals surface area (Å²) in [5.74, 6) is 1.33. The molecule has 3 heterocycles. The smallest absolute Gasteiger partial charge is 0.228 e. The molecule has 3 rings (SSSR count). The summed E-state index contributed by atoms with van der Waals surface area (Å²) in [6.07, 6.45) is 6.59. The van der Waals surface area contributed by atoms with Crippen molar-refractivity contribution in [1.82, 2.24) is 19.7 Å². The summed E-state index contributed by atoms with van der Waals surface area (Å²) in [5.41, 5.74) is 0. The Bertz CT molecular complexity index is 513. The van der Waals surface area contributed by atoms with E-state index in [0.717, 1.165) is 25.5 Å². The van der Waals surface area contributed by atoms with Gasteiger partial charge in [0.05, 0.1) is 13.2 Å². The largest absolute Gasteiger partial charge is 0.481 e. The van der Waals surface area contributed by atoms with Crippen molar-refractivity contribution in [3.05, 3.63) is 30.7 Å². The fraction of sp³-hybridized carbons (Fsp3) is 0.417. The Hall–Kier alpha value is -2.11. The second kappa shape index (κ2) is 4.64. The molecule has 1 saturated heterocycles. The third kappa shape index (κ3) is 2.01. The van der Waals surface area contributed by atoms with Gasteiger partial charge in [-0.05, 0) is 12.5 Å². The lowest BCUT2D eigenvalue weighted by Gasteiger charge is -2.16. The van der Waals surface area contributed by atoms with E-state index in [9.17, 15) is 0 Å². The Balaban J connectivity index is 1.75. The van der Waals surface area contributed by atoms with Crippen LogP contribution < -0.4 is 9.64 Å². The van der Waals surface area contributed by atoms with Gasteiger partial charge >= 0.3 is 0 Å². The number of rotatable bonds is 3. The molecule has 0 amide bonds. The van der Waals surface area contributed by atoms with Gasteiger partial charge in [0.2, 0.25) is 11.8 Å². The second-order valence-electron chi connectivity index (χ2n) is 4.27. The summed E-state index contributed by atoms with van der Waals surface area (Å²) in [5, 5.41) is 4.28. The molecule has 1 aliphatic rings. The average molecular weight is 245 g/mol. The molecule has 2 aromatic heterocycles. The highest BCUT2D eigenvalue weighted by atomic mass is 16.5. The fourth-order valence-corrected chi connectivity index (χ4v) is 2.23. The van der Waals surface area contributed by atoms with E-state index in [-0.39, 0.29) is 0 Å². The van der Waals surface area contributed by atoms with Crippen LogP contribution >= 0.6 is 0 Å². The molecule has 2 aromatic rings. The third-order valence-electron chi connectivity index (χ3n) is 3.17. The highest BCUT2D eigenvalue weighted by Gasteiger charge is 2.25. The first-order valence-electron chi connectivity index (χ1n) is 5.98. The molecule has 0 saturated carbocycles. The van der Waals surface area contributed by atoms with E-state index < -0.39 is 0 Å². The summed E-state index contributed by atoms with van der Waals surface area (Å²) in [6, 6.07) is 4.10. The molecule has 6 nitrogen and oxygen atoms in total. The van der Waals surface area contributed by atoms with E-state index in [0.29, 0.717) is 11.9 Å². The van der Waals surface area contributed by atoms with Crippen LogP contribution in [0.4, 0.5) is 5.95 Å². The van der Waals surface area contributed by atoms with Gasteiger partial charge in [-0.3, -0.25) is 4.68 Å². The minimum absolute atomic E-state index is 0.398. The molecule has 0 aliphatic carbocycles. The molecular weight excluding hydrogens is 230 g/mol. The molecule has 0 radical (unpaired) electrons. The summed E-state index contributed by atoms with van der Waals surface area (Å²) >= 11 is 0. The van der Waals surface area contributed by atoms with Crippen LogP contribution in [0.15, 0.2) is 30.7 Å². The van der Waals surface area contributed by atoms with Crippen molar-refractivity contribution in [3.8, 4) is 5.88 Å². The molecule has 1 fully saturated rings. The predicted octanol–water partition coefficient (Wildman–Crippen LogP) is 1.13. The SMILES string of the molecule is COc1ccnc(N2CCC(n3cccn3)C2)n1. The molecule has 0 N–H and O–H groups in total. The van der Waals surface area contributed by atoms with Crippen molar-refractivity contribution in [2.24, 2.45) is 0 Å². The van der Waals surface area contributed by atoms with Crippen molar-refractivity contribution in [2.75, 3.05) is 25.1 Å². The molecule has 0 aromatic carbocycles. The number of hydrogen-bond acceptors (Lipinski definition) is 5. The Morgan fingerprint density at radius 2 is 2.33 bits per heavy atom.